The van der Waals surface area contributed by atoms with E-state index >= 15 is 0 Å². The van der Waals surface area contributed by atoms with E-state index in [0.717, 1.165) is 32.4 Å². The first-order valence-corrected chi connectivity index (χ1v) is 16.1. The number of fused-ring (bicyclic) bond motifs is 1. The maximum atomic E-state index is 12.7. The second-order valence-electron chi connectivity index (χ2n) is 13.1. The van der Waals surface area contributed by atoms with Gasteiger partial charge >= 0.3 is 0 Å². The highest BCUT2D eigenvalue weighted by Crippen LogP contribution is 2.45. The molecule has 9 nitrogen and oxygen atoms in total. The average molecular weight is 569 g/mol. The van der Waals surface area contributed by atoms with Gasteiger partial charge in [-0.25, -0.2) is 0 Å². The fraction of sp³-hybridized carbons (Fsp3) is 0.812. The van der Waals surface area contributed by atoms with E-state index in [2.05, 4.69) is 41.0 Å². The van der Waals surface area contributed by atoms with Crippen molar-refractivity contribution in [3.63, 3.8) is 0 Å². The van der Waals surface area contributed by atoms with Crippen molar-refractivity contribution in [3.05, 3.63) is 12.7 Å². The lowest BCUT2D eigenvalue weighted by atomic mass is 9.70. The van der Waals surface area contributed by atoms with Crippen molar-refractivity contribution in [2.45, 2.75) is 101 Å². The second kappa shape index (κ2) is 14.0. The van der Waals surface area contributed by atoms with Crippen LogP contribution in [0.25, 0.3) is 0 Å². The third-order valence-corrected chi connectivity index (χ3v) is 10.5. The molecule has 0 spiro atoms. The van der Waals surface area contributed by atoms with Gasteiger partial charge in [-0.2, -0.15) is 0 Å². The van der Waals surface area contributed by atoms with Crippen LogP contribution in [0.15, 0.2) is 12.7 Å². The zero-order valence-electron chi connectivity index (χ0n) is 25.2. The SMILES string of the molecule is C=CC(=O)N(C)CC(=O)N1CCC(C#CC2C(C3CCC(OC4CCCCC4)CC3)C3C(N)NCNC3N2C)CC1. The van der Waals surface area contributed by atoms with E-state index in [1.54, 1.807) is 7.05 Å². The van der Waals surface area contributed by atoms with Crippen LogP contribution in [-0.4, -0.2) is 97.5 Å². The first-order chi connectivity index (χ1) is 19.9. The molecule has 4 N–H and O–H groups in total. The Morgan fingerprint density at radius 3 is 2.34 bits per heavy atom. The molecule has 3 saturated heterocycles. The summed E-state index contributed by atoms with van der Waals surface area (Å²) < 4.78 is 6.57. The quantitative estimate of drug-likeness (QED) is 0.333. The van der Waals surface area contributed by atoms with Gasteiger partial charge in [0.05, 0.1) is 37.1 Å². The third kappa shape index (κ3) is 7.17. The van der Waals surface area contributed by atoms with Gasteiger partial charge < -0.3 is 20.3 Å². The molecule has 0 aromatic rings. The number of amides is 2. The Morgan fingerprint density at radius 2 is 1.66 bits per heavy atom. The minimum atomic E-state index is -0.232. The molecule has 0 bridgehead atoms. The van der Waals surface area contributed by atoms with Crippen LogP contribution in [-0.2, 0) is 14.3 Å². The van der Waals surface area contributed by atoms with Crippen LogP contribution < -0.4 is 16.4 Å². The zero-order valence-corrected chi connectivity index (χ0v) is 25.2. The summed E-state index contributed by atoms with van der Waals surface area (Å²) in [5.41, 5.74) is 6.72. The first-order valence-electron chi connectivity index (χ1n) is 16.1. The fourth-order valence-corrected chi connectivity index (χ4v) is 8.14. The van der Waals surface area contributed by atoms with Crippen molar-refractivity contribution in [1.29, 1.82) is 0 Å². The highest BCUT2D eigenvalue weighted by molar-refractivity contribution is 5.90. The molecule has 41 heavy (non-hydrogen) atoms. The van der Waals surface area contributed by atoms with Crippen LogP contribution in [0.5, 0.6) is 0 Å². The first kappa shape index (κ1) is 30.5. The van der Waals surface area contributed by atoms with Gasteiger partial charge in [-0.3, -0.25) is 25.1 Å². The second-order valence-corrected chi connectivity index (χ2v) is 13.1. The van der Waals surface area contributed by atoms with Crippen LogP contribution in [0.2, 0.25) is 0 Å². The van der Waals surface area contributed by atoms with Crippen molar-refractivity contribution in [2.24, 2.45) is 29.4 Å². The molecule has 0 radical (unpaired) electrons. The molecule has 2 aliphatic carbocycles. The van der Waals surface area contributed by atoms with Crippen molar-refractivity contribution in [1.82, 2.24) is 25.3 Å². The Labute approximate surface area is 246 Å². The molecule has 2 saturated carbocycles. The number of likely N-dealkylation sites (N-methyl/N-ethyl adjacent to an activating group) is 1. The van der Waals surface area contributed by atoms with Gasteiger partial charge in [-0.05, 0) is 76.3 Å². The van der Waals surface area contributed by atoms with Crippen LogP contribution in [0.4, 0.5) is 0 Å². The molecule has 5 atom stereocenters. The van der Waals surface area contributed by atoms with Gasteiger partial charge in [0.15, 0.2) is 0 Å². The Morgan fingerprint density at radius 1 is 0.976 bits per heavy atom. The maximum absolute atomic E-state index is 12.7. The molecule has 5 aliphatic rings. The molecule has 5 fully saturated rings. The molecular formula is C32H52N6O3. The van der Waals surface area contributed by atoms with Crippen molar-refractivity contribution < 1.29 is 14.3 Å². The van der Waals surface area contributed by atoms with Gasteiger partial charge in [0.1, 0.15) is 0 Å². The standard InChI is InChI=1S/C32H52N6O3/c1-4-27(39)36(2)20-28(40)38-18-16-22(17-19-38)10-15-26-29(30-31(33)34-21-35-32(30)37(26)3)23-11-13-25(14-12-23)41-24-8-6-5-7-9-24/h4,22-26,29-32,34-35H,1,5-9,11-14,16-21,33H2,2-3H3. The summed E-state index contributed by atoms with van der Waals surface area (Å²) in [5, 5.41) is 7.14. The van der Waals surface area contributed by atoms with Crippen LogP contribution in [0.1, 0.15) is 70.6 Å². The predicted molar refractivity (Wildman–Crippen MR) is 160 cm³/mol. The highest BCUT2D eigenvalue weighted by Gasteiger charge is 2.53. The van der Waals surface area contributed by atoms with E-state index in [0.29, 0.717) is 43.1 Å². The molecule has 2 amide bonds. The van der Waals surface area contributed by atoms with E-state index in [4.69, 9.17) is 10.5 Å². The average Bonchev–Trinajstić information content (AvgIpc) is 3.29. The number of hydrogen-bond acceptors (Lipinski definition) is 7. The number of nitrogens with two attached hydrogens (primary N) is 1. The van der Waals surface area contributed by atoms with E-state index in [1.807, 2.05) is 4.90 Å². The molecule has 0 aromatic carbocycles. The summed E-state index contributed by atoms with van der Waals surface area (Å²) in [6.45, 7) is 5.69. The normalized spacial score (nSPS) is 35.3. The number of nitrogens with zero attached hydrogens (tertiary/aromatic N) is 3. The van der Waals surface area contributed by atoms with E-state index in [-0.39, 0.29) is 42.7 Å². The van der Waals surface area contributed by atoms with E-state index in [1.165, 1.54) is 55.9 Å². The molecule has 3 heterocycles. The van der Waals surface area contributed by atoms with Crippen LogP contribution in [0, 0.1) is 35.5 Å². The number of likely N-dealkylation sites (tertiary alicyclic amines) is 2. The Balaban J connectivity index is 1.20. The number of carbonyl (C=O) groups is 2. The Hall–Kier alpha value is -1.96. The van der Waals surface area contributed by atoms with E-state index in [9.17, 15) is 9.59 Å². The Kier molecular flexibility index (Phi) is 10.4. The number of ether oxygens (including phenoxy) is 1. The van der Waals surface area contributed by atoms with Gasteiger partial charge in [-0.15, -0.1) is 0 Å². The maximum Gasteiger partial charge on any atom is 0.246 e. The van der Waals surface area contributed by atoms with E-state index < -0.39 is 0 Å². The molecule has 228 valence electrons. The molecule has 0 aromatic heterocycles. The zero-order chi connectivity index (χ0) is 28.9. The van der Waals surface area contributed by atoms with Crippen molar-refractivity contribution in [3.8, 4) is 11.8 Å². The van der Waals surface area contributed by atoms with Gasteiger partial charge in [0.2, 0.25) is 11.8 Å². The monoisotopic (exact) mass is 568 g/mol. The summed E-state index contributed by atoms with van der Waals surface area (Å²) in [7, 11) is 3.85. The molecular weight excluding hydrogens is 516 g/mol. The largest absolute Gasteiger partial charge is 0.375 e. The van der Waals surface area contributed by atoms with Gasteiger partial charge in [0.25, 0.3) is 0 Å². The number of rotatable bonds is 6. The van der Waals surface area contributed by atoms with Gasteiger partial charge in [0, 0.05) is 38.6 Å². The van der Waals surface area contributed by atoms with Crippen LogP contribution >= 0.6 is 0 Å². The molecule has 9 heteroatoms. The fourth-order valence-electron chi connectivity index (χ4n) is 8.14. The summed E-state index contributed by atoms with van der Waals surface area (Å²) in [6, 6.07) is 0.169. The molecule has 3 aliphatic heterocycles. The third-order valence-electron chi connectivity index (χ3n) is 10.5. The summed E-state index contributed by atoms with van der Waals surface area (Å²) in [4.78, 5) is 30.2. The highest BCUT2D eigenvalue weighted by atomic mass is 16.5. The van der Waals surface area contributed by atoms with Gasteiger partial charge in [-0.1, -0.05) is 37.7 Å². The number of nitrogens with one attached hydrogen (secondary N) is 2. The Bertz CT molecular complexity index is 974. The van der Waals surface area contributed by atoms with Crippen molar-refractivity contribution >= 4 is 11.8 Å². The summed E-state index contributed by atoms with van der Waals surface area (Å²) in [6.07, 6.45) is 15.2. The molecule has 5 rings (SSSR count). The molecule has 5 unspecified atom stereocenters. The lowest BCUT2D eigenvalue weighted by Gasteiger charge is -2.41. The minimum Gasteiger partial charge on any atom is -0.375 e. The smallest absolute Gasteiger partial charge is 0.246 e. The predicted octanol–water partition coefficient (Wildman–Crippen LogP) is 2.09. The number of piperidine rings is 1. The lowest BCUT2D eigenvalue weighted by molar-refractivity contribution is -0.138. The lowest BCUT2D eigenvalue weighted by Crippen LogP contribution is -2.63. The van der Waals surface area contributed by atoms with Crippen molar-refractivity contribution in [2.75, 3.05) is 40.4 Å². The summed E-state index contributed by atoms with van der Waals surface area (Å²) >= 11 is 0. The number of hydrogen-bond donors (Lipinski definition) is 3. The summed E-state index contributed by atoms with van der Waals surface area (Å²) in [5.74, 6) is 8.79. The topological polar surface area (TPSA) is 103 Å². The number of carbonyl (C=O) groups excluding carboxylic acids is 2. The van der Waals surface area contributed by atoms with Crippen LogP contribution in [0.3, 0.4) is 0 Å². The minimum absolute atomic E-state index is 0.00981.